The van der Waals surface area contributed by atoms with Crippen LogP contribution in [0.25, 0.3) is 0 Å². The van der Waals surface area contributed by atoms with Crippen molar-refractivity contribution in [2.75, 3.05) is 54.0 Å². The minimum absolute atomic E-state index is 0. The van der Waals surface area contributed by atoms with Crippen LogP contribution in [0.15, 0.2) is 40.2 Å². The van der Waals surface area contributed by atoms with Gasteiger partial charge in [-0.15, -0.1) is 35.7 Å². The minimum atomic E-state index is 0. The molecule has 0 heterocycles. The lowest BCUT2D eigenvalue weighted by Gasteiger charge is -2.19. The lowest BCUT2D eigenvalue weighted by atomic mass is 10.4. The molecule has 1 fully saturated rings. The molecule has 26 heavy (non-hydrogen) atoms. The summed E-state index contributed by atoms with van der Waals surface area (Å²) >= 11 is 1.99. The molecule has 0 bridgehead atoms. The first-order valence-electron chi connectivity index (χ1n) is 9.03. The second kappa shape index (κ2) is 12.8. The zero-order chi connectivity index (χ0) is 18.0. The van der Waals surface area contributed by atoms with Gasteiger partial charge in [-0.25, -0.2) is 0 Å². The molecule has 2 rings (SSSR count). The van der Waals surface area contributed by atoms with E-state index in [0.717, 1.165) is 45.2 Å². The maximum atomic E-state index is 5.10. The molecule has 0 unspecified atom stereocenters. The summed E-state index contributed by atoms with van der Waals surface area (Å²) in [5.41, 5.74) is 0. The number of rotatable bonds is 11. The molecular weight excluding hydrogens is 459 g/mol. The lowest BCUT2D eigenvalue weighted by molar-refractivity contribution is 0.161. The van der Waals surface area contributed by atoms with E-state index in [0.29, 0.717) is 4.75 Å². The number of likely N-dealkylation sites (N-methyl/N-ethyl adjacent to an activating group) is 1. The molecule has 0 atom stereocenters. The highest BCUT2D eigenvalue weighted by molar-refractivity contribution is 14.0. The Bertz CT molecular complexity index is 526. The van der Waals surface area contributed by atoms with Gasteiger partial charge in [-0.1, -0.05) is 18.2 Å². The quantitative estimate of drug-likeness (QED) is 0.215. The number of methoxy groups -OCH3 is 1. The fraction of sp³-hybridized carbons (Fsp3) is 0.632. The Labute approximate surface area is 179 Å². The van der Waals surface area contributed by atoms with E-state index < -0.39 is 0 Å². The Balaban J connectivity index is 0.00000338. The maximum absolute atomic E-state index is 5.10. The second-order valence-electron chi connectivity index (χ2n) is 6.60. The molecule has 5 nitrogen and oxygen atoms in total. The molecule has 1 aromatic rings. The van der Waals surface area contributed by atoms with Crippen LogP contribution in [0.5, 0.6) is 0 Å². The molecule has 0 spiro atoms. The number of nitrogens with zero attached hydrogens (tertiary/aromatic N) is 2. The predicted octanol–water partition coefficient (Wildman–Crippen LogP) is 3.06. The highest BCUT2D eigenvalue weighted by atomic mass is 127. The topological polar surface area (TPSA) is 48.9 Å². The Morgan fingerprint density at radius 2 is 1.96 bits per heavy atom. The number of nitrogens with one attached hydrogen (secondary N) is 2. The third kappa shape index (κ3) is 8.92. The van der Waals surface area contributed by atoms with Crippen molar-refractivity contribution in [3.05, 3.63) is 30.3 Å². The molecular formula is C19H33IN4OS. The fourth-order valence-electron chi connectivity index (χ4n) is 2.57. The van der Waals surface area contributed by atoms with Gasteiger partial charge in [0.15, 0.2) is 5.96 Å². The van der Waals surface area contributed by atoms with Crippen LogP contribution in [0.1, 0.15) is 19.3 Å². The predicted molar refractivity (Wildman–Crippen MR) is 123 cm³/mol. The Morgan fingerprint density at radius 3 is 2.58 bits per heavy atom. The molecule has 148 valence electrons. The van der Waals surface area contributed by atoms with E-state index in [1.165, 1.54) is 17.7 Å². The number of thioether (sulfide) groups is 1. The summed E-state index contributed by atoms with van der Waals surface area (Å²) in [5, 5.41) is 6.92. The highest BCUT2D eigenvalue weighted by Crippen LogP contribution is 2.51. The lowest BCUT2D eigenvalue weighted by Crippen LogP contribution is -2.42. The summed E-state index contributed by atoms with van der Waals surface area (Å²) < 4.78 is 5.43. The number of halogens is 1. The summed E-state index contributed by atoms with van der Waals surface area (Å²) in [4.78, 5) is 7.98. The first-order chi connectivity index (χ1) is 12.2. The number of benzene rings is 1. The number of hydrogen-bond donors (Lipinski definition) is 2. The van der Waals surface area contributed by atoms with Gasteiger partial charge in [0.05, 0.1) is 6.61 Å². The molecule has 1 saturated carbocycles. The number of guanidine groups is 1. The third-order valence-electron chi connectivity index (χ3n) is 4.37. The summed E-state index contributed by atoms with van der Waals surface area (Å²) in [7, 11) is 5.71. The van der Waals surface area contributed by atoms with Gasteiger partial charge >= 0.3 is 0 Å². The molecule has 0 aliphatic heterocycles. The highest BCUT2D eigenvalue weighted by Gasteiger charge is 2.43. The average Bonchev–Trinajstić information content (AvgIpc) is 3.39. The van der Waals surface area contributed by atoms with Crippen LogP contribution < -0.4 is 10.6 Å². The van der Waals surface area contributed by atoms with Crippen LogP contribution in [0, 0.1) is 0 Å². The largest absolute Gasteiger partial charge is 0.383 e. The third-order valence-corrected chi connectivity index (χ3v) is 5.87. The smallest absolute Gasteiger partial charge is 0.191 e. The minimum Gasteiger partial charge on any atom is -0.383 e. The molecule has 1 aliphatic rings. The number of ether oxygens (including phenoxy) is 1. The van der Waals surface area contributed by atoms with Gasteiger partial charge in [0.2, 0.25) is 0 Å². The normalized spacial score (nSPS) is 15.5. The van der Waals surface area contributed by atoms with E-state index in [2.05, 4.69) is 57.9 Å². The van der Waals surface area contributed by atoms with Crippen molar-refractivity contribution in [1.82, 2.24) is 15.5 Å². The van der Waals surface area contributed by atoms with E-state index in [9.17, 15) is 0 Å². The van der Waals surface area contributed by atoms with Crippen LogP contribution in [-0.2, 0) is 4.74 Å². The summed E-state index contributed by atoms with van der Waals surface area (Å²) in [5.74, 6) is 0.902. The molecule has 2 N–H and O–H groups in total. The van der Waals surface area contributed by atoms with Gasteiger partial charge < -0.3 is 20.3 Å². The monoisotopic (exact) mass is 492 g/mol. The number of hydrogen-bond acceptors (Lipinski definition) is 4. The van der Waals surface area contributed by atoms with Crippen molar-refractivity contribution < 1.29 is 4.74 Å². The van der Waals surface area contributed by atoms with E-state index in [1.807, 2.05) is 18.8 Å². The Hall–Kier alpha value is -0.510. The van der Waals surface area contributed by atoms with Crippen LogP contribution in [0.4, 0.5) is 0 Å². The van der Waals surface area contributed by atoms with Crippen molar-refractivity contribution in [2.45, 2.75) is 28.9 Å². The summed E-state index contributed by atoms with van der Waals surface area (Å²) in [6.45, 7) is 4.70. The first-order valence-corrected chi connectivity index (χ1v) is 9.85. The summed E-state index contributed by atoms with van der Waals surface area (Å²) in [6, 6.07) is 10.7. The van der Waals surface area contributed by atoms with Crippen LogP contribution in [-0.4, -0.2) is 69.6 Å². The molecule has 0 saturated heterocycles. The molecule has 0 aromatic heterocycles. The SMILES string of the molecule is CN=C(NCCCN(C)CCOC)NCC1(Sc2ccccc2)CC1.I. The standard InChI is InChI=1S/C19H32N4OS.HI/c1-20-18(21-12-7-13-23(2)14-15-24-3)22-16-19(10-11-19)25-17-8-5-4-6-9-17;/h4-6,8-9H,7,10-16H2,1-3H3,(H2,20,21,22);1H. The zero-order valence-electron chi connectivity index (χ0n) is 16.2. The molecule has 1 aliphatic carbocycles. The van der Waals surface area contributed by atoms with Crippen molar-refractivity contribution in [3.63, 3.8) is 0 Å². The van der Waals surface area contributed by atoms with Crippen molar-refractivity contribution in [2.24, 2.45) is 4.99 Å². The summed E-state index contributed by atoms with van der Waals surface area (Å²) in [6.07, 6.45) is 3.62. The van der Waals surface area contributed by atoms with Gasteiger partial charge in [0.25, 0.3) is 0 Å². The molecule has 7 heteroatoms. The van der Waals surface area contributed by atoms with E-state index >= 15 is 0 Å². The van der Waals surface area contributed by atoms with Gasteiger partial charge in [0.1, 0.15) is 0 Å². The van der Waals surface area contributed by atoms with Crippen molar-refractivity contribution in [3.8, 4) is 0 Å². The van der Waals surface area contributed by atoms with Gasteiger partial charge in [-0.3, -0.25) is 4.99 Å². The second-order valence-corrected chi connectivity index (χ2v) is 8.14. The molecule has 0 amide bonds. The van der Waals surface area contributed by atoms with Crippen LogP contribution in [0.3, 0.4) is 0 Å². The Morgan fingerprint density at radius 1 is 1.23 bits per heavy atom. The van der Waals surface area contributed by atoms with Gasteiger partial charge in [-0.05, 0) is 45.0 Å². The average molecular weight is 492 g/mol. The van der Waals surface area contributed by atoms with Gasteiger partial charge in [0, 0.05) is 43.4 Å². The van der Waals surface area contributed by atoms with Crippen molar-refractivity contribution in [1.29, 1.82) is 0 Å². The molecule has 0 radical (unpaired) electrons. The number of aliphatic imine (C=N–C) groups is 1. The molecule has 1 aromatic carbocycles. The van der Waals surface area contributed by atoms with E-state index in [4.69, 9.17) is 4.74 Å². The van der Waals surface area contributed by atoms with Crippen LogP contribution >= 0.6 is 35.7 Å². The first kappa shape index (κ1) is 23.5. The maximum Gasteiger partial charge on any atom is 0.191 e. The zero-order valence-corrected chi connectivity index (χ0v) is 19.3. The van der Waals surface area contributed by atoms with Crippen molar-refractivity contribution >= 4 is 41.7 Å². The Kier molecular flexibility index (Phi) is 11.6. The van der Waals surface area contributed by atoms with E-state index in [1.54, 1.807) is 7.11 Å². The van der Waals surface area contributed by atoms with Crippen LogP contribution in [0.2, 0.25) is 0 Å². The fourth-order valence-corrected chi connectivity index (χ4v) is 3.82. The van der Waals surface area contributed by atoms with E-state index in [-0.39, 0.29) is 24.0 Å². The van der Waals surface area contributed by atoms with Gasteiger partial charge in [-0.2, -0.15) is 0 Å².